The molecular formula is C16H23BrN2O. The Kier molecular flexibility index (Phi) is 4.76. The molecule has 0 aliphatic carbocycles. The summed E-state index contributed by atoms with van der Waals surface area (Å²) >= 11 is 3.52. The van der Waals surface area contributed by atoms with Crippen molar-refractivity contribution in [3.8, 4) is 0 Å². The van der Waals surface area contributed by atoms with Gasteiger partial charge in [0, 0.05) is 36.7 Å². The van der Waals surface area contributed by atoms with Crippen LogP contribution < -0.4 is 0 Å². The lowest BCUT2D eigenvalue weighted by Crippen LogP contribution is -2.50. The van der Waals surface area contributed by atoms with Crippen molar-refractivity contribution >= 4 is 15.9 Å². The normalized spacial score (nSPS) is 25.6. The summed E-state index contributed by atoms with van der Waals surface area (Å²) in [6, 6.07) is 8.74. The first-order valence-electron chi connectivity index (χ1n) is 7.63. The number of aliphatic hydroxyl groups is 1. The number of benzene rings is 1. The van der Waals surface area contributed by atoms with Crippen molar-refractivity contribution in [2.45, 2.75) is 31.4 Å². The summed E-state index contributed by atoms with van der Waals surface area (Å²) in [5.74, 6) is 0. The van der Waals surface area contributed by atoms with Crippen LogP contribution in [-0.4, -0.2) is 53.7 Å². The molecule has 3 rings (SSSR count). The van der Waals surface area contributed by atoms with Gasteiger partial charge in [-0.2, -0.15) is 0 Å². The van der Waals surface area contributed by atoms with Gasteiger partial charge in [-0.25, -0.2) is 0 Å². The minimum atomic E-state index is -0.368. The monoisotopic (exact) mass is 338 g/mol. The second kappa shape index (κ2) is 6.56. The molecule has 0 aromatic heterocycles. The zero-order chi connectivity index (χ0) is 13.9. The average Bonchev–Trinajstić information content (AvgIpc) is 2.92. The molecular weight excluding hydrogens is 316 g/mol. The summed E-state index contributed by atoms with van der Waals surface area (Å²) in [7, 11) is 0. The summed E-state index contributed by atoms with van der Waals surface area (Å²) in [5, 5.41) is 10.4. The minimum Gasteiger partial charge on any atom is -0.388 e. The second-order valence-electron chi connectivity index (χ2n) is 5.96. The van der Waals surface area contributed by atoms with Crippen LogP contribution in [0.25, 0.3) is 0 Å². The third-order valence-electron chi connectivity index (χ3n) is 4.65. The Morgan fingerprint density at radius 2 is 2.10 bits per heavy atom. The third-order valence-corrected chi connectivity index (χ3v) is 5.38. The van der Waals surface area contributed by atoms with Gasteiger partial charge in [0.15, 0.2) is 0 Å². The lowest BCUT2D eigenvalue weighted by molar-refractivity contribution is 0.0833. The van der Waals surface area contributed by atoms with Crippen molar-refractivity contribution in [3.63, 3.8) is 0 Å². The molecule has 3 nitrogen and oxygen atoms in total. The zero-order valence-corrected chi connectivity index (χ0v) is 13.4. The van der Waals surface area contributed by atoms with E-state index in [0.717, 1.165) is 35.6 Å². The number of nitrogens with zero attached hydrogens (tertiary/aromatic N) is 2. The maximum absolute atomic E-state index is 10.4. The first kappa shape index (κ1) is 14.5. The van der Waals surface area contributed by atoms with Gasteiger partial charge in [-0.3, -0.25) is 4.90 Å². The molecule has 1 aromatic rings. The predicted octanol–water partition coefficient (Wildman–Crippen LogP) is 2.65. The molecule has 110 valence electrons. The topological polar surface area (TPSA) is 26.7 Å². The molecule has 2 aliphatic heterocycles. The van der Waals surface area contributed by atoms with Crippen LogP contribution in [0.2, 0.25) is 0 Å². The SMILES string of the molecule is OC(CCN1CCN2CCCC2C1)c1ccccc1Br. The third kappa shape index (κ3) is 3.25. The summed E-state index contributed by atoms with van der Waals surface area (Å²) in [4.78, 5) is 5.15. The van der Waals surface area contributed by atoms with E-state index in [-0.39, 0.29) is 6.10 Å². The van der Waals surface area contributed by atoms with E-state index in [1.54, 1.807) is 0 Å². The van der Waals surface area contributed by atoms with Gasteiger partial charge in [-0.15, -0.1) is 0 Å². The first-order chi connectivity index (χ1) is 9.74. The smallest absolute Gasteiger partial charge is 0.0813 e. The van der Waals surface area contributed by atoms with Crippen molar-refractivity contribution < 1.29 is 5.11 Å². The average molecular weight is 339 g/mol. The molecule has 2 atom stereocenters. The Morgan fingerprint density at radius 3 is 2.95 bits per heavy atom. The van der Waals surface area contributed by atoms with Crippen molar-refractivity contribution in [2.24, 2.45) is 0 Å². The fraction of sp³-hybridized carbons (Fsp3) is 0.625. The Labute approximate surface area is 129 Å². The summed E-state index contributed by atoms with van der Waals surface area (Å²) in [5.41, 5.74) is 1.01. The van der Waals surface area contributed by atoms with E-state index in [1.165, 1.54) is 32.5 Å². The van der Waals surface area contributed by atoms with Crippen LogP contribution in [0, 0.1) is 0 Å². The Balaban J connectivity index is 1.51. The van der Waals surface area contributed by atoms with Crippen molar-refractivity contribution in [1.29, 1.82) is 0 Å². The molecule has 0 saturated carbocycles. The molecule has 0 amide bonds. The van der Waals surface area contributed by atoms with Gasteiger partial charge in [-0.1, -0.05) is 34.1 Å². The number of hydrogen-bond acceptors (Lipinski definition) is 3. The maximum Gasteiger partial charge on any atom is 0.0813 e. The van der Waals surface area contributed by atoms with Crippen LogP contribution in [0.3, 0.4) is 0 Å². The number of rotatable bonds is 4. The summed E-state index contributed by atoms with van der Waals surface area (Å²) < 4.78 is 1.01. The molecule has 1 N–H and O–H groups in total. The van der Waals surface area contributed by atoms with Gasteiger partial charge >= 0.3 is 0 Å². The van der Waals surface area contributed by atoms with Crippen molar-refractivity contribution in [1.82, 2.24) is 9.80 Å². The van der Waals surface area contributed by atoms with Crippen LogP contribution >= 0.6 is 15.9 Å². The van der Waals surface area contributed by atoms with E-state index < -0.39 is 0 Å². The second-order valence-corrected chi connectivity index (χ2v) is 6.81. The van der Waals surface area contributed by atoms with E-state index in [2.05, 4.69) is 25.7 Å². The largest absolute Gasteiger partial charge is 0.388 e. The lowest BCUT2D eigenvalue weighted by atomic mass is 10.1. The Morgan fingerprint density at radius 1 is 1.25 bits per heavy atom. The lowest BCUT2D eigenvalue weighted by Gasteiger charge is -2.37. The maximum atomic E-state index is 10.4. The number of fused-ring (bicyclic) bond motifs is 1. The molecule has 20 heavy (non-hydrogen) atoms. The number of halogens is 1. The van der Waals surface area contributed by atoms with Gasteiger partial charge in [0.25, 0.3) is 0 Å². The van der Waals surface area contributed by atoms with E-state index in [1.807, 2.05) is 24.3 Å². The number of hydrogen-bond donors (Lipinski definition) is 1. The van der Waals surface area contributed by atoms with Gasteiger partial charge in [0.2, 0.25) is 0 Å². The highest BCUT2D eigenvalue weighted by atomic mass is 79.9. The quantitative estimate of drug-likeness (QED) is 0.914. The van der Waals surface area contributed by atoms with E-state index in [9.17, 15) is 5.11 Å². The van der Waals surface area contributed by atoms with Gasteiger partial charge in [0.05, 0.1) is 6.10 Å². The molecule has 0 bridgehead atoms. The van der Waals surface area contributed by atoms with Crippen LogP contribution in [0.5, 0.6) is 0 Å². The molecule has 4 heteroatoms. The molecule has 2 aliphatic rings. The van der Waals surface area contributed by atoms with Crippen molar-refractivity contribution in [2.75, 3.05) is 32.7 Å². The molecule has 2 heterocycles. The summed E-state index contributed by atoms with van der Waals surface area (Å²) in [6.07, 6.45) is 3.16. The molecule has 0 spiro atoms. The Bertz CT molecular complexity index is 454. The fourth-order valence-corrected chi connectivity index (χ4v) is 4.01. The van der Waals surface area contributed by atoms with Crippen LogP contribution in [0.15, 0.2) is 28.7 Å². The highest BCUT2D eigenvalue weighted by Crippen LogP contribution is 2.26. The number of aliphatic hydroxyl groups excluding tert-OH is 1. The molecule has 1 aromatic carbocycles. The predicted molar refractivity (Wildman–Crippen MR) is 84.8 cm³/mol. The Hall–Kier alpha value is -0.420. The fourth-order valence-electron chi connectivity index (χ4n) is 3.46. The molecule has 2 unspecified atom stereocenters. The van der Waals surface area contributed by atoms with Crippen LogP contribution in [0.1, 0.15) is 30.9 Å². The van der Waals surface area contributed by atoms with Crippen LogP contribution in [-0.2, 0) is 0 Å². The standard InChI is InChI=1S/C16H23BrN2O/c17-15-6-2-1-5-14(15)16(20)7-9-18-10-11-19-8-3-4-13(19)12-18/h1-2,5-6,13,16,20H,3-4,7-12H2. The van der Waals surface area contributed by atoms with Gasteiger partial charge < -0.3 is 10.0 Å². The van der Waals surface area contributed by atoms with Gasteiger partial charge in [0.1, 0.15) is 0 Å². The zero-order valence-electron chi connectivity index (χ0n) is 11.8. The molecule has 2 saturated heterocycles. The van der Waals surface area contributed by atoms with Crippen molar-refractivity contribution in [3.05, 3.63) is 34.3 Å². The van der Waals surface area contributed by atoms with E-state index in [0.29, 0.717) is 0 Å². The van der Waals surface area contributed by atoms with E-state index in [4.69, 9.17) is 0 Å². The first-order valence-corrected chi connectivity index (χ1v) is 8.42. The summed E-state index contributed by atoms with van der Waals surface area (Å²) in [6.45, 7) is 5.82. The van der Waals surface area contributed by atoms with E-state index >= 15 is 0 Å². The molecule has 0 radical (unpaired) electrons. The van der Waals surface area contributed by atoms with Gasteiger partial charge in [-0.05, 0) is 37.4 Å². The highest BCUT2D eigenvalue weighted by molar-refractivity contribution is 9.10. The molecule has 2 fully saturated rings. The highest BCUT2D eigenvalue weighted by Gasteiger charge is 2.30. The minimum absolute atomic E-state index is 0.368. The number of piperazine rings is 1. The van der Waals surface area contributed by atoms with Crippen LogP contribution in [0.4, 0.5) is 0 Å².